The van der Waals surface area contributed by atoms with Crippen molar-refractivity contribution in [1.82, 2.24) is 9.97 Å². The number of anilines is 1. The molecule has 1 heterocycles. The van der Waals surface area contributed by atoms with Crippen LogP contribution in [-0.2, 0) is 0 Å². The first-order valence-electron chi connectivity index (χ1n) is 4.70. The molecule has 4 nitrogen and oxygen atoms in total. The van der Waals surface area contributed by atoms with Crippen LogP contribution in [0.2, 0.25) is 5.15 Å². The molecule has 0 bridgehead atoms. The molecular formula is C10H16ClN3O. The summed E-state index contributed by atoms with van der Waals surface area (Å²) in [5.74, 6) is 0.551. The van der Waals surface area contributed by atoms with Gasteiger partial charge in [-0.2, -0.15) is 0 Å². The maximum atomic E-state index is 9.93. The Morgan fingerprint density at radius 2 is 1.87 bits per heavy atom. The van der Waals surface area contributed by atoms with E-state index in [-0.39, 0.29) is 0 Å². The Labute approximate surface area is 94.7 Å². The summed E-state index contributed by atoms with van der Waals surface area (Å²) in [5, 5.41) is 13.3. The van der Waals surface area contributed by atoms with Crippen LogP contribution in [0, 0.1) is 0 Å². The highest BCUT2D eigenvalue weighted by Gasteiger charge is 2.35. The number of nitrogens with zero attached hydrogens (tertiary/aromatic N) is 2. The monoisotopic (exact) mass is 229 g/mol. The maximum Gasteiger partial charge on any atom is 0.149 e. The second kappa shape index (κ2) is 3.94. The lowest BCUT2D eigenvalue weighted by atomic mass is 9.86. The van der Waals surface area contributed by atoms with Gasteiger partial charge in [-0.1, -0.05) is 11.6 Å². The van der Waals surface area contributed by atoms with Gasteiger partial charge in [0.1, 0.15) is 11.0 Å². The maximum absolute atomic E-state index is 9.93. The predicted octanol–water partition coefficient (Wildman–Crippen LogP) is 2.09. The van der Waals surface area contributed by atoms with E-state index in [1.165, 1.54) is 6.20 Å². The molecule has 0 atom stereocenters. The van der Waals surface area contributed by atoms with Crippen molar-refractivity contribution in [2.24, 2.45) is 0 Å². The van der Waals surface area contributed by atoms with Crippen LogP contribution < -0.4 is 5.32 Å². The van der Waals surface area contributed by atoms with E-state index in [1.807, 2.05) is 13.8 Å². The Morgan fingerprint density at radius 1 is 1.27 bits per heavy atom. The third-order valence-electron chi connectivity index (χ3n) is 2.58. The molecule has 0 fully saturated rings. The molecule has 1 aromatic rings. The minimum Gasteiger partial charge on any atom is -0.388 e. The van der Waals surface area contributed by atoms with E-state index in [1.54, 1.807) is 20.0 Å². The molecule has 5 heteroatoms. The zero-order valence-corrected chi connectivity index (χ0v) is 10.1. The van der Waals surface area contributed by atoms with Crippen molar-refractivity contribution in [3.05, 3.63) is 17.5 Å². The summed E-state index contributed by atoms with van der Waals surface area (Å²) in [6, 6.07) is 0. The van der Waals surface area contributed by atoms with E-state index >= 15 is 0 Å². The van der Waals surface area contributed by atoms with Crippen LogP contribution in [0.1, 0.15) is 27.7 Å². The summed E-state index contributed by atoms with van der Waals surface area (Å²) in [6.45, 7) is 7.24. The van der Waals surface area contributed by atoms with E-state index in [2.05, 4.69) is 15.3 Å². The third kappa shape index (κ3) is 3.04. The fourth-order valence-corrected chi connectivity index (χ4v) is 1.02. The Balaban J connectivity index is 2.87. The Morgan fingerprint density at radius 3 is 2.33 bits per heavy atom. The number of aliphatic hydroxyl groups is 1. The lowest BCUT2D eigenvalue weighted by Crippen LogP contribution is -2.51. The minimum atomic E-state index is -0.878. The summed E-state index contributed by atoms with van der Waals surface area (Å²) in [7, 11) is 0. The molecule has 1 rings (SSSR count). The second-order valence-electron chi connectivity index (χ2n) is 4.54. The molecule has 0 aliphatic heterocycles. The summed E-state index contributed by atoms with van der Waals surface area (Å²) in [5.41, 5.74) is -1.40. The first-order chi connectivity index (χ1) is 6.72. The topological polar surface area (TPSA) is 58.0 Å². The highest BCUT2D eigenvalue weighted by Crippen LogP contribution is 2.24. The van der Waals surface area contributed by atoms with Gasteiger partial charge in [0.25, 0.3) is 0 Å². The molecule has 0 unspecified atom stereocenters. The van der Waals surface area contributed by atoms with E-state index in [0.29, 0.717) is 11.0 Å². The van der Waals surface area contributed by atoms with Crippen LogP contribution in [0.4, 0.5) is 5.82 Å². The molecule has 0 aliphatic carbocycles. The fourth-order valence-electron chi connectivity index (χ4n) is 0.876. The molecule has 0 saturated carbocycles. The highest BCUT2D eigenvalue weighted by molar-refractivity contribution is 6.29. The molecule has 0 amide bonds. The molecule has 0 aromatic carbocycles. The predicted molar refractivity (Wildman–Crippen MR) is 61.0 cm³/mol. The number of hydrogen-bond donors (Lipinski definition) is 2. The van der Waals surface area contributed by atoms with Crippen molar-refractivity contribution in [3.8, 4) is 0 Å². The van der Waals surface area contributed by atoms with E-state index in [0.717, 1.165) is 0 Å². The molecule has 0 saturated heterocycles. The summed E-state index contributed by atoms with van der Waals surface area (Å²) in [6.07, 6.45) is 3.03. The van der Waals surface area contributed by atoms with E-state index in [9.17, 15) is 5.11 Å². The molecule has 0 radical (unpaired) electrons. The molecule has 0 spiro atoms. The average Bonchev–Trinajstić information content (AvgIpc) is 2.00. The van der Waals surface area contributed by atoms with Crippen LogP contribution in [0.3, 0.4) is 0 Å². The number of hydrogen-bond acceptors (Lipinski definition) is 4. The molecule has 2 N–H and O–H groups in total. The second-order valence-corrected chi connectivity index (χ2v) is 4.92. The first-order valence-corrected chi connectivity index (χ1v) is 5.08. The van der Waals surface area contributed by atoms with Crippen LogP contribution >= 0.6 is 11.6 Å². The number of rotatable bonds is 3. The van der Waals surface area contributed by atoms with Gasteiger partial charge in [0.2, 0.25) is 0 Å². The summed E-state index contributed by atoms with van der Waals surface area (Å²) < 4.78 is 0. The molecule has 0 aliphatic rings. The van der Waals surface area contributed by atoms with Crippen molar-refractivity contribution in [2.75, 3.05) is 5.32 Å². The zero-order chi connectivity index (χ0) is 11.7. The zero-order valence-electron chi connectivity index (χ0n) is 9.37. The lowest BCUT2D eigenvalue weighted by Gasteiger charge is -2.38. The molecule has 84 valence electrons. The number of halogens is 1. The van der Waals surface area contributed by atoms with Crippen LogP contribution in [-0.4, -0.2) is 26.2 Å². The van der Waals surface area contributed by atoms with Gasteiger partial charge in [0, 0.05) is 0 Å². The standard InChI is InChI=1S/C10H16ClN3O/c1-9(2,10(3,4)15)14-8-6-12-5-7(11)13-8/h5-6,15H,1-4H3,(H,13,14). The van der Waals surface area contributed by atoms with Crippen molar-refractivity contribution in [3.63, 3.8) is 0 Å². The minimum absolute atomic E-state index is 0.326. The van der Waals surface area contributed by atoms with Crippen molar-refractivity contribution >= 4 is 17.4 Å². The summed E-state index contributed by atoms with van der Waals surface area (Å²) >= 11 is 5.71. The van der Waals surface area contributed by atoms with Gasteiger partial charge in [-0.15, -0.1) is 0 Å². The third-order valence-corrected chi connectivity index (χ3v) is 2.76. The van der Waals surface area contributed by atoms with Crippen molar-refractivity contribution in [2.45, 2.75) is 38.8 Å². The first kappa shape index (κ1) is 12.2. The van der Waals surface area contributed by atoms with E-state index < -0.39 is 11.1 Å². The van der Waals surface area contributed by atoms with Crippen molar-refractivity contribution < 1.29 is 5.11 Å². The quantitative estimate of drug-likeness (QED) is 0.834. The van der Waals surface area contributed by atoms with Crippen LogP contribution in [0.5, 0.6) is 0 Å². The van der Waals surface area contributed by atoms with Crippen LogP contribution in [0.15, 0.2) is 12.4 Å². The summed E-state index contributed by atoms with van der Waals surface area (Å²) in [4.78, 5) is 7.96. The Bertz CT molecular complexity index is 347. The highest BCUT2D eigenvalue weighted by atomic mass is 35.5. The van der Waals surface area contributed by atoms with Gasteiger partial charge >= 0.3 is 0 Å². The molecular weight excluding hydrogens is 214 g/mol. The normalized spacial score (nSPS) is 12.7. The average molecular weight is 230 g/mol. The fraction of sp³-hybridized carbons (Fsp3) is 0.600. The van der Waals surface area contributed by atoms with Gasteiger partial charge in [-0.3, -0.25) is 4.98 Å². The number of aromatic nitrogens is 2. The largest absolute Gasteiger partial charge is 0.388 e. The van der Waals surface area contributed by atoms with Crippen molar-refractivity contribution in [1.29, 1.82) is 0 Å². The lowest BCUT2D eigenvalue weighted by molar-refractivity contribution is 0.0238. The Kier molecular flexibility index (Phi) is 3.21. The van der Waals surface area contributed by atoms with Gasteiger partial charge in [0.05, 0.1) is 23.5 Å². The van der Waals surface area contributed by atoms with Gasteiger partial charge in [-0.25, -0.2) is 4.98 Å². The van der Waals surface area contributed by atoms with Gasteiger partial charge < -0.3 is 10.4 Å². The smallest absolute Gasteiger partial charge is 0.149 e. The van der Waals surface area contributed by atoms with Gasteiger partial charge in [-0.05, 0) is 27.7 Å². The molecule has 15 heavy (non-hydrogen) atoms. The SMILES string of the molecule is CC(C)(O)C(C)(C)Nc1cncc(Cl)n1. The van der Waals surface area contributed by atoms with E-state index in [4.69, 9.17) is 11.6 Å². The number of nitrogens with one attached hydrogen (secondary N) is 1. The molecule has 1 aromatic heterocycles. The van der Waals surface area contributed by atoms with Gasteiger partial charge in [0.15, 0.2) is 0 Å². The van der Waals surface area contributed by atoms with Crippen LogP contribution in [0.25, 0.3) is 0 Å². The Hall–Kier alpha value is -0.870.